The van der Waals surface area contributed by atoms with Crippen LogP contribution in [0.5, 0.6) is 5.75 Å². The number of amides is 1. The third-order valence-corrected chi connectivity index (χ3v) is 5.34. The summed E-state index contributed by atoms with van der Waals surface area (Å²) >= 11 is 0. The van der Waals surface area contributed by atoms with Crippen molar-refractivity contribution in [3.05, 3.63) is 100 Å². The molecule has 31 heavy (non-hydrogen) atoms. The Balaban J connectivity index is 1.34. The molecule has 1 fully saturated rings. The van der Waals surface area contributed by atoms with E-state index in [1.54, 1.807) is 23.1 Å². The number of piperazine rings is 1. The predicted molar refractivity (Wildman–Crippen MR) is 118 cm³/mol. The first-order chi connectivity index (χ1) is 15.1. The van der Waals surface area contributed by atoms with E-state index in [2.05, 4.69) is 0 Å². The van der Waals surface area contributed by atoms with Crippen LogP contribution in [0.3, 0.4) is 0 Å². The Hall–Kier alpha value is -3.87. The van der Waals surface area contributed by atoms with E-state index in [0.717, 1.165) is 11.3 Å². The number of carbonyl (C=O) groups is 1. The van der Waals surface area contributed by atoms with Crippen molar-refractivity contribution in [2.24, 2.45) is 0 Å². The second kappa shape index (κ2) is 9.30. The second-order valence-corrected chi connectivity index (χ2v) is 7.32. The highest BCUT2D eigenvalue weighted by Crippen LogP contribution is 2.28. The van der Waals surface area contributed by atoms with Gasteiger partial charge in [0.2, 0.25) is 0 Å². The minimum absolute atomic E-state index is 0.0299. The van der Waals surface area contributed by atoms with Gasteiger partial charge < -0.3 is 14.5 Å². The van der Waals surface area contributed by atoms with Gasteiger partial charge in [-0.15, -0.1) is 0 Å². The molecular formula is C24H23N3O4. The molecule has 1 heterocycles. The molecule has 0 aromatic heterocycles. The van der Waals surface area contributed by atoms with Gasteiger partial charge in [0, 0.05) is 37.8 Å². The van der Waals surface area contributed by atoms with Crippen LogP contribution in [0.1, 0.15) is 15.9 Å². The van der Waals surface area contributed by atoms with Crippen LogP contribution in [0.15, 0.2) is 78.9 Å². The summed E-state index contributed by atoms with van der Waals surface area (Å²) < 4.78 is 5.74. The van der Waals surface area contributed by atoms with Crippen LogP contribution in [0.2, 0.25) is 0 Å². The molecule has 0 saturated carbocycles. The Kier molecular flexibility index (Phi) is 6.12. The van der Waals surface area contributed by atoms with Crippen molar-refractivity contribution in [2.45, 2.75) is 6.61 Å². The van der Waals surface area contributed by atoms with Gasteiger partial charge in [0.25, 0.3) is 11.6 Å². The molecule has 0 radical (unpaired) electrons. The third kappa shape index (κ3) is 4.83. The Bertz CT molecular complexity index is 1050. The molecule has 1 aliphatic rings. The van der Waals surface area contributed by atoms with Gasteiger partial charge in [-0.3, -0.25) is 14.9 Å². The van der Waals surface area contributed by atoms with E-state index in [-0.39, 0.29) is 16.5 Å². The lowest BCUT2D eigenvalue weighted by Crippen LogP contribution is -2.48. The van der Waals surface area contributed by atoms with Crippen molar-refractivity contribution in [2.75, 3.05) is 31.1 Å². The summed E-state index contributed by atoms with van der Waals surface area (Å²) in [6, 6.07) is 23.8. The zero-order chi connectivity index (χ0) is 21.6. The standard InChI is InChI=1S/C24H23N3O4/c28-24(20-12-10-19(11-13-20)18-31-21-6-2-1-3-7-21)26-16-14-25(15-17-26)22-8-4-5-9-23(22)27(29)30/h1-13H,14-18H2. The zero-order valence-electron chi connectivity index (χ0n) is 17.0. The van der Waals surface area contributed by atoms with Crippen molar-refractivity contribution in [1.29, 1.82) is 0 Å². The Morgan fingerprint density at radius 3 is 2.19 bits per heavy atom. The zero-order valence-corrected chi connectivity index (χ0v) is 17.0. The number of ether oxygens (including phenoxy) is 1. The molecule has 0 aliphatic carbocycles. The molecule has 0 spiro atoms. The number of hydrogen-bond donors (Lipinski definition) is 0. The van der Waals surface area contributed by atoms with Gasteiger partial charge in [0.15, 0.2) is 0 Å². The topological polar surface area (TPSA) is 75.9 Å². The third-order valence-electron chi connectivity index (χ3n) is 5.34. The molecule has 3 aromatic rings. The summed E-state index contributed by atoms with van der Waals surface area (Å²) in [4.78, 5) is 27.6. The summed E-state index contributed by atoms with van der Waals surface area (Å²) in [5.41, 5.74) is 2.31. The number of hydrogen-bond acceptors (Lipinski definition) is 5. The molecule has 0 N–H and O–H groups in total. The fourth-order valence-corrected chi connectivity index (χ4v) is 3.65. The second-order valence-electron chi connectivity index (χ2n) is 7.32. The first kappa shape index (κ1) is 20.4. The molecule has 0 bridgehead atoms. The maximum Gasteiger partial charge on any atom is 0.292 e. The van der Waals surface area contributed by atoms with E-state index < -0.39 is 0 Å². The Morgan fingerprint density at radius 1 is 0.871 bits per heavy atom. The van der Waals surface area contributed by atoms with Crippen LogP contribution < -0.4 is 9.64 Å². The maximum atomic E-state index is 12.9. The highest BCUT2D eigenvalue weighted by molar-refractivity contribution is 5.94. The van der Waals surface area contributed by atoms with Crippen molar-refractivity contribution in [3.8, 4) is 5.75 Å². The van der Waals surface area contributed by atoms with Crippen LogP contribution in [-0.2, 0) is 6.61 Å². The number of rotatable bonds is 6. The number of benzene rings is 3. The van der Waals surface area contributed by atoms with Gasteiger partial charge in [-0.1, -0.05) is 42.5 Å². The summed E-state index contributed by atoms with van der Waals surface area (Å²) in [7, 11) is 0. The van der Waals surface area contributed by atoms with Crippen molar-refractivity contribution in [3.63, 3.8) is 0 Å². The maximum absolute atomic E-state index is 12.9. The molecule has 0 unspecified atom stereocenters. The minimum Gasteiger partial charge on any atom is -0.489 e. The number of carbonyl (C=O) groups excluding carboxylic acids is 1. The largest absolute Gasteiger partial charge is 0.489 e. The number of nitro benzene ring substituents is 1. The molecular weight excluding hydrogens is 394 g/mol. The average molecular weight is 417 g/mol. The van der Waals surface area contributed by atoms with E-state index >= 15 is 0 Å². The lowest BCUT2D eigenvalue weighted by atomic mass is 10.1. The fraction of sp³-hybridized carbons (Fsp3) is 0.208. The normalized spacial score (nSPS) is 13.7. The summed E-state index contributed by atoms with van der Waals surface area (Å²) in [5, 5.41) is 11.3. The van der Waals surface area contributed by atoms with Gasteiger partial charge in [0.1, 0.15) is 18.0 Å². The molecule has 1 saturated heterocycles. The number of nitrogens with zero attached hydrogens (tertiary/aromatic N) is 3. The van der Waals surface area contributed by atoms with Crippen LogP contribution in [0.25, 0.3) is 0 Å². The van der Waals surface area contributed by atoms with E-state index in [1.807, 2.05) is 59.5 Å². The number of nitro groups is 1. The fourth-order valence-electron chi connectivity index (χ4n) is 3.65. The van der Waals surface area contributed by atoms with E-state index in [9.17, 15) is 14.9 Å². The smallest absolute Gasteiger partial charge is 0.292 e. The molecule has 1 aliphatic heterocycles. The van der Waals surface area contributed by atoms with Crippen molar-refractivity contribution < 1.29 is 14.5 Å². The lowest BCUT2D eigenvalue weighted by molar-refractivity contribution is -0.384. The first-order valence-corrected chi connectivity index (χ1v) is 10.2. The van der Waals surface area contributed by atoms with Crippen LogP contribution >= 0.6 is 0 Å². The quantitative estimate of drug-likeness (QED) is 0.445. The van der Waals surface area contributed by atoms with Crippen LogP contribution in [0, 0.1) is 10.1 Å². The van der Waals surface area contributed by atoms with E-state index in [0.29, 0.717) is 44.0 Å². The predicted octanol–water partition coefficient (Wildman–Crippen LogP) is 4.14. The van der Waals surface area contributed by atoms with E-state index in [1.165, 1.54) is 6.07 Å². The highest BCUT2D eigenvalue weighted by Gasteiger charge is 2.26. The molecule has 0 atom stereocenters. The summed E-state index contributed by atoms with van der Waals surface area (Å²) in [6.07, 6.45) is 0. The SMILES string of the molecule is O=C(c1ccc(COc2ccccc2)cc1)N1CCN(c2ccccc2[N+](=O)[O-])CC1. The lowest BCUT2D eigenvalue weighted by Gasteiger charge is -2.35. The van der Waals surface area contributed by atoms with Crippen LogP contribution in [0.4, 0.5) is 11.4 Å². The highest BCUT2D eigenvalue weighted by atomic mass is 16.6. The molecule has 3 aromatic carbocycles. The summed E-state index contributed by atoms with van der Waals surface area (Å²) in [6.45, 7) is 2.58. The molecule has 7 nitrogen and oxygen atoms in total. The average Bonchev–Trinajstić information content (AvgIpc) is 2.83. The first-order valence-electron chi connectivity index (χ1n) is 10.2. The monoisotopic (exact) mass is 417 g/mol. The van der Waals surface area contributed by atoms with Gasteiger partial charge in [-0.05, 0) is 35.9 Å². The van der Waals surface area contributed by atoms with Gasteiger partial charge in [-0.2, -0.15) is 0 Å². The summed E-state index contributed by atoms with van der Waals surface area (Å²) in [5.74, 6) is 0.775. The van der Waals surface area contributed by atoms with Gasteiger partial charge in [0.05, 0.1) is 4.92 Å². The minimum atomic E-state index is -0.365. The van der Waals surface area contributed by atoms with E-state index in [4.69, 9.17) is 4.74 Å². The van der Waals surface area contributed by atoms with Crippen molar-refractivity contribution >= 4 is 17.3 Å². The Labute approximate surface area is 180 Å². The molecule has 1 amide bonds. The van der Waals surface area contributed by atoms with Gasteiger partial charge in [-0.25, -0.2) is 0 Å². The van der Waals surface area contributed by atoms with Gasteiger partial charge >= 0.3 is 0 Å². The molecule has 4 rings (SSSR count). The van der Waals surface area contributed by atoms with Crippen molar-refractivity contribution in [1.82, 2.24) is 4.90 Å². The number of anilines is 1. The number of para-hydroxylation sites is 3. The Morgan fingerprint density at radius 2 is 1.52 bits per heavy atom. The van der Waals surface area contributed by atoms with Crippen LogP contribution in [-0.4, -0.2) is 41.9 Å². The molecule has 7 heteroatoms. The molecule has 158 valence electrons.